The predicted molar refractivity (Wildman–Crippen MR) is 253 cm³/mol. The van der Waals surface area contributed by atoms with Gasteiger partial charge in [0.25, 0.3) is 11.8 Å². The zero-order valence-electron chi connectivity index (χ0n) is 38.9. The maximum atomic E-state index is 13.9. The fraction of sp³-hybridized carbons (Fsp3) is 0.292. The molecule has 2 aliphatic rings. The van der Waals surface area contributed by atoms with Crippen LogP contribution in [-0.4, -0.2) is 137 Å². The number of pyridine rings is 2. The number of carbonyl (C=O) groups excluding carboxylic acids is 4. The highest BCUT2D eigenvalue weighted by atomic mass is 16.5. The smallest absolute Gasteiger partial charge is 0.262 e. The molecule has 22 heteroatoms. The fourth-order valence-electron chi connectivity index (χ4n) is 8.19. The molecule has 4 unspecified atom stereocenters. The third-order valence-electron chi connectivity index (χ3n) is 12.4. The number of hydrogen-bond acceptors (Lipinski definition) is 18. The first-order chi connectivity index (χ1) is 33.5. The number of aromatic nitrogens is 8. The van der Waals surface area contributed by atoms with Crippen molar-refractivity contribution in [3.05, 3.63) is 103 Å². The second kappa shape index (κ2) is 18.5. The van der Waals surface area contributed by atoms with E-state index in [1.807, 2.05) is 18.2 Å². The van der Waals surface area contributed by atoms with Crippen LogP contribution in [0.4, 0.5) is 17.6 Å². The number of anilines is 3. The van der Waals surface area contributed by atoms with E-state index >= 15 is 0 Å². The highest BCUT2D eigenvalue weighted by Gasteiger charge is 2.49. The summed E-state index contributed by atoms with van der Waals surface area (Å²) >= 11 is 0. The Balaban J connectivity index is 0.929. The van der Waals surface area contributed by atoms with Crippen LogP contribution in [0.5, 0.6) is 0 Å². The van der Waals surface area contributed by atoms with Crippen LogP contribution < -0.4 is 20.9 Å². The number of aliphatic hydroxyl groups is 2. The highest BCUT2D eigenvalue weighted by Crippen LogP contribution is 2.37. The van der Waals surface area contributed by atoms with E-state index in [1.54, 1.807) is 95.9 Å². The molecule has 8 heterocycles. The van der Waals surface area contributed by atoms with Crippen LogP contribution in [0.2, 0.25) is 0 Å². The van der Waals surface area contributed by atoms with Crippen molar-refractivity contribution < 1.29 is 38.4 Å². The van der Waals surface area contributed by atoms with Crippen LogP contribution >= 0.6 is 0 Å². The number of likely N-dealkylation sites (tertiary alicyclic amines) is 2. The zero-order valence-corrected chi connectivity index (χ0v) is 38.9. The van der Waals surface area contributed by atoms with Gasteiger partial charge in [0, 0.05) is 84.3 Å². The fourth-order valence-corrected chi connectivity index (χ4v) is 8.19. The van der Waals surface area contributed by atoms with Gasteiger partial charge in [-0.05, 0) is 73.5 Å². The lowest BCUT2D eigenvalue weighted by atomic mass is 9.98. The summed E-state index contributed by atoms with van der Waals surface area (Å²) in [5.41, 5.74) is 1.57. The van der Waals surface area contributed by atoms with Gasteiger partial charge in [0.2, 0.25) is 34.9 Å². The molecule has 0 aliphatic carbocycles. The standard InChI is InChI=1S/C48H48N14O8/c1-26(41(63)49-3)52-45-50-19-15-34(57-45)35-22-29(23-36(55-35)38-25-40(70-59-38)48(68)17-21-61(5)44(48)66)28-10-12-30(13-11-28)62(6)42(64)27(2)53-46-51-18-14-33(56-46)31-8-7-9-32(54-31)37-24-39(69-58-37)47(67)16-20-60(4)43(47)65/h7-15,18-19,22-27,67-68H,16-17,20-21H2,1-6H3,(H,49,63)(H,50,52,57)(H,51,53,56). The molecule has 7 aromatic rings. The molecule has 6 aromatic heterocycles. The van der Waals surface area contributed by atoms with Crippen LogP contribution in [0.25, 0.3) is 56.7 Å². The molecule has 22 nitrogen and oxygen atoms in total. The number of amides is 4. The van der Waals surface area contributed by atoms with Gasteiger partial charge >= 0.3 is 0 Å². The molecule has 2 aliphatic heterocycles. The average molecular weight is 949 g/mol. The molecule has 4 atom stereocenters. The van der Waals surface area contributed by atoms with Crippen molar-refractivity contribution in [3.8, 4) is 56.7 Å². The Hall–Kier alpha value is -8.50. The van der Waals surface area contributed by atoms with E-state index < -0.39 is 35.1 Å². The lowest BCUT2D eigenvalue weighted by Crippen LogP contribution is -2.39. The van der Waals surface area contributed by atoms with Crippen LogP contribution in [0.15, 0.2) is 100 Å². The summed E-state index contributed by atoms with van der Waals surface area (Å²) in [6.07, 6.45) is 3.41. The Morgan fingerprint density at radius 3 is 1.64 bits per heavy atom. The number of rotatable bonds is 14. The molecule has 0 bridgehead atoms. The molecule has 0 spiro atoms. The van der Waals surface area contributed by atoms with E-state index in [0.717, 1.165) is 5.56 Å². The Kier molecular flexibility index (Phi) is 12.3. The highest BCUT2D eigenvalue weighted by molar-refractivity contribution is 5.98. The van der Waals surface area contributed by atoms with Crippen molar-refractivity contribution in [2.24, 2.45) is 0 Å². The SMILES string of the molecule is CNC(=O)C(C)Nc1nccc(-c2cc(-c3ccc(N(C)C(=O)C(C)Nc4nccc(-c5cccc(-c6cc(C7(O)CCN(C)C7=O)on6)n5)n4)cc3)cc(-c3cc(C4(O)CCN(C)C4=O)on3)n2)n1. The van der Waals surface area contributed by atoms with E-state index in [-0.39, 0.29) is 53.8 Å². The Bertz CT molecular complexity index is 3140. The maximum Gasteiger partial charge on any atom is 0.262 e. The van der Waals surface area contributed by atoms with Crippen LogP contribution in [-0.2, 0) is 30.4 Å². The van der Waals surface area contributed by atoms with Gasteiger partial charge in [-0.15, -0.1) is 0 Å². The molecule has 5 N–H and O–H groups in total. The summed E-state index contributed by atoms with van der Waals surface area (Å²) in [6, 6.07) is 21.2. The minimum absolute atomic E-state index is 0.00158. The summed E-state index contributed by atoms with van der Waals surface area (Å²) in [4.78, 5) is 83.4. The average Bonchev–Trinajstić information content (AvgIpc) is 4.20. The molecular formula is C48H48N14O8. The number of carbonyl (C=O) groups is 4. The van der Waals surface area contributed by atoms with Gasteiger partial charge in [-0.25, -0.2) is 29.9 Å². The van der Waals surface area contributed by atoms with Crippen LogP contribution in [0, 0.1) is 0 Å². The summed E-state index contributed by atoms with van der Waals surface area (Å²) in [6.45, 7) is 4.12. The number of benzene rings is 1. The number of hydrogen-bond donors (Lipinski definition) is 5. The normalized spacial score (nSPS) is 18.7. The minimum Gasteiger partial charge on any atom is -0.373 e. The van der Waals surface area contributed by atoms with Crippen molar-refractivity contribution in [2.45, 2.75) is 50.0 Å². The van der Waals surface area contributed by atoms with E-state index in [4.69, 9.17) is 19.0 Å². The molecule has 4 amide bonds. The third kappa shape index (κ3) is 8.87. The van der Waals surface area contributed by atoms with Gasteiger partial charge in [-0.2, -0.15) is 0 Å². The molecule has 358 valence electrons. The Morgan fingerprint density at radius 1 is 0.643 bits per heavy atom. The summed E-state index contributed by atoms with van der Waals surface area (Å²) < 4.78 is 11.0. The van der Waals surface area contributed by atoms with E-state index in [9.17, 15) is 29.4 Å². The molecule has 0 radical (unpaired) electrons. The molecule has 2 fully saturated rings. The van der Waals surface area contributed by atoms with Gasteiger partial charge in [0.1, 0.15) is 23.5 Å². The van der Waals surface area contributed by atoms with E-state index in [2.05, 4.69) is 46.2 Å². The molecule has 1 aromatic carbocycles. The van der Waals surface area contributed by atoms with Gasteiger partial charge in [0.15, 0.2) is 11.5 Å². The molecule has 2 saturated heterocycles. The lowest BCUT2D eigenvalue weighted by Gasteiger charge is -2.22. The quantitative estimate of drug-likeness (QED) is 0.104. The first kappa shape index (κ1) is 46.6. The maximum absolute atomic E-state index is 13.9. The number of likely N-dealkylation sites (N-methyl/N-ethyl adjacent to an activating group) is 4. The monoisotopic (exact) mass is 948 g/mol. The summed E-state index contributed by atoms with van der Waals surface area (Å²) in [5.74, 6) is -1.05. The van der Waals surface area contributed by atoms with Crippen LogP contribution in [0.3, 0.4) is 0 Å². The first-order valence-electron chi connectivity index (χ1n) is 22.2. The lowest BCUT2D eigenvalue weighted by molar-refractivity contribution is -0.145. The number of nitrogens with zero attached hydrogens (tertiary/aromatic N) is 11. The van der Waals surface area contributed by atoms with E-state index in [0.29, 0.717) is 64.2 Å². The topological polar surface area (TPSA) is 284 Å². The van der Waals surface area contributed by atoms with Crippen molar-refractivity contribution in [1.29, 1.82) is 0 Å². The minimum atomic E-state index is -1.86. The zero-order chi connectivity index (χ0) is 49.5. The largest absolute Gasteiger partial charge is 0.373 e. The second-order valence-electron chi connectivity index (χ2n) is 17.2. The van der Waals surface area contributed by atoms with E-state index in [1.165, 1.54) is 33.9 Å². The van der Waals surface area contributed by atoms with Crippen molar-refractivity contribution in [1.82, 2.24) is 55.3 Å². The molecule has 0 saturated carbocycles. The van der Waals surface area contributed by atoms with Crippen molar-refractivity contribution in [3.63, 3.8) is 0 Å². The Morgan fingerprint density at radius 2 is 1.11 bits per heavy atom. The second-order valence-corrected chi connectivity index (χ2v) is 17.2. The molecule has 9 rings (SSSR count). The molecule has 70 heavy (non-hydrogen) atoms. The number of nitrogens with one attached hydrogen (secondary N) is 3. The van der Waals surface area contributed by atoms with Gasteiger partial charge in [0.05, 0.1) is 34.2 Å². The van der Waals surface area contributed by atoms with Crippen LogP contribution in [0.1, 0.15) is 38.2 Å². The van der Waals surface area contributed by atoms with Gasteiger partial charge in [-0.3, -0.25) is 19.2 Å². The summed E-state index contributed by atoms with van der Waals surface area (Å²) in [5, 5.41) is 39.3. The van der Waals surface area contributed by atoms with Crippen molar-refractivity contribution in [2.75, 3.05) is 56.8 Å². The predicted octanol–water partition coefficient (Wildman–Crippen LogP) is 3.48. The van der Waals surface area contributed by atoms with Crippen molar-refractivity contribution >= 4 is 41.2 Å². The third-order valence-corrected chi connectivity index (χ3v) is 12.4. The Labute approximate surface area is 400 Å². The molecular weight excluding hydrogens is 901 g/mol. The first-order valence-corrected chi connectivity index (χ1v) is 22.2. The van der Waals surface area contributed by atoms with Gasteiger partial charge < -0.3 is 49.9 Å². The van der Waals surface area contributed by atoms with Gasteiger partial charge in [-0.1, -0.05) is 28.5 Å². The summed E-state index contributed by atoms with van der Waals surface area (Å²) in [7, 11) is 6.42.